The Hall–Kier alpha value is -1.29. The molecule has 4 nitrogen and oxygen atoms in total. The molecule has 1 rings (SSSR count). The molecule has 0 aromatic carbocycles. The summed E-state index contributed by atoms with van der Waals surface area (Å²) in [6.07, 6.45) is 3.74. The molecule has 4 heteroatoms. The minimum atomic E-state index is -0.814. The van der Waals surface area contributed by atoms with Crippen molar-refractivity contribution >= 4 is 5.97 Å². The fourth-order valence-corrected chi connectivity index (χ4v) is 1.04. The highest BCUT2D eigenvalue weighted by molar-refractivity contribution is 5.73. The van der Waals surface area contributed by atoms with Crippen LogP contribution < -0.4 is 5.32 Å². The van der Waals surface area contributed by atoms with E-state index in [4.69, 9.17) is 9.52 Å². The number of hydrogen-bond acceptors (Lipinski definition) is 3. The van der Waals surface area contributed by atoms with E-state index in [0.717, 1.165) is 5.56 Å². The molecule has 0 saturated heterocycles. The van der Waals surface area contributed by atoms with Gasteiger partial charge in [0.1, 0.15) is 6.04 Å². The summed E-state index contributed by atoms with van der Waals surface area (Å²) in [5.74, 6) is -0.814. The standard InChI is InChI=1S/C9H13NO3/c1-2-8(9(11)12)10-5-7-3-4-13-6-7/h3-4,6,8,10H,2,5H2,1H3,(H,11,12). The number of hydrogen-bond donors (Lipinski definition) is 2. The van der Waals surface area contributed by atoms with Crippen molar-refractivity contribution in [3.05, 3.63) is 24.2 Å². The van der Waals surface area contributed by atoms with Crippen LogP contribution in [0.3, 0.4) is 0 Å². The highest BCUT2D eigenvalue weighted by Crippen LogP contribution is 2.00. The van der Waals surface area contributed by atoms with E-state index in [1.807, 2.05) is 13.0 Å². The van der Waals surface area contributed by atoms with Gasteiger partial charge in [0.2, 0.25) is 0 Å². The lowest BCUT2D eigenvalue weighted by Crippen LogP contribution is -2.35. The normalized spacial score (nSPS) is 12.7. The van der Waals surface area contributed by atoms with Gasteiger partial charge in [-0.15, -0.1) is 0 Å². The smallest absolute Gasteiger partial charge is 0.320 e. The Balaban J connectivity index is 2.36. The maximum absolute atomic E-state index is 10.6. The maximum Gasteiger partial charge on any atom is 0.320 e. The minimum absolute atomic E-state index is 0.477. The third-order valence-electron chi connectivity index (χ3n) is 1.84. The summed E-state index contributed by atoms with van der Waals surface area (Å²) in [5, 5.41) is 11.6. The van der Waals surface area contributed by atoms with Gasteiger partial charge >= 0.3 is 5.97 Å². The number of carbonyl (C=O) groups is 1. The van der Waals surface area contributed by atoms with Gasteiger partial charge in [-0.05, 0) is 12.5 Å². The van der Waals surface area contributed by atoms with E-state index in [2.05, 4.69) is 5.32 Å². The number of carboxylic acid groups (broad SMARTS) is 1. The van der Waals surface area contributed by atoms with E-state index < -0.39 is 12.0 Å². The lowest BCUT2D eigenvalue weighted by Gasteiger charge is -2.10. The molecule has 1 unspecified atom stereocenters. The second-order valence-electron chi connectivity index (χ2n) is 2.81. The molecule has 0 fully saturated rings. The number of rotatable bonds is 5. The monoisotopic (exact) mass is 183 g/mol. The zero-order valence-electron chi connectivity index (χ0n) is 7.49. The largest absolute Gasteiger partial charge is 0.480 e. The van der Waals surface area contributed by atoms with Gasteiger partial charge < -0.3 is 14.8 Å². The van der Waals surface area contributed by atoms with Crippen molar-refractivity contribution < 1.29 is 14.3 Å². The van der Waals surface area contributed by atoms with Crippen LogP contribution in [0.25, 0.3) is 0 Å². The Labute approximate surface area is 76.6 Å². The number of aliphatic carboxylic acids is 1. The first-order chi connectivity index (χ1) is 6.24. The topological polar surface area (TPSA) is 62.5 Å². The van der Waals surface area contributed by atoms with E-state index in [-0.39, 0.29) is 0 Å². The van der Waals surface area contributed by atoms with Gasteiger partial charge in [-0.3, -0.25) is 4.79 Å². The molecule has 1 heterocycles. The van der Waals surface area contributed by atoms with Gasteiger partial charge in [-0.25, -0.2) is 0 Å². The third kappa shape index (κ3) is 2.91. The summed E-state index contributed by atoms with van der Waals surface area (Å²) in [6.45, 7) is 2.36. The molecule has 2 N–H and O–H groups in total. The molecule has 0 aliphatic heterocycles. The third-order valence-corrected chi connectivity index (χ3v) is 1.84. The lowest BCUT2D eigenvalue weighted by atomic mass is 10.2. The minimum Gasteiger partial charge on any atom is -0.480 e. The molecule has 0 amide bonds. The van der Waals surface area contributed by atoms with Gasteiger partial charge in [0.25, 0.3) is 0 Å². The molecule has 13 heavy (non-hydrogen) atoms. The first kappa shape index (κ1) is 9.80. The number of nitrogens with one attached hydrogen (secondary N) is 1. The number of furan rings is 1. The van der Waals surface area contributed by atoms with Crippen LogP contribution in [-0.4, -0.2) is 17.1 Å². The Morgan fingerprint density at radius 3 is 3.00 bits per heavy atom. The second kappa shape index (κ2) is 4.67. The summed E-state index contributed by atoms with van der Waals surface area (Å²) in [6, 6.07) is 1.33. The SMILES string of the molecule is CCC(NCc1ccoc1)C(=O)O. The van der Waals surface area contributed by atoms with Crippen molar-refractivity contribution in [2.24, 2.45) is 0 Å². The van der Waals surface area contributed by atoms with Gasteiger partial charge in [-0.2, -0.15) is 0 Å². The summed E-state index contributed by atoms with van der Waals surface area (Å²) < 4.78 is 4.85. The quantitative estimate of drug-likeness (QED) is 0.720. The molecule has 72 valence electrons. The molecule has 0 bridgehead atoms. The molecule has 0 spiro atoms. The van der Waals surface area contributed by atoms with Crippen molar-refractivity contribution in [3.8, 4) is 0 Å². The molecule has 1 aromatic heterocycles. The molecule has 1 aromatic rings. The Bertz CT molecular complexity index is 256. The van der Waals surface area contributed by atoms with Crippen LogP contribution in [0.4, 0.5) is 0 Å². The number of carboxylic acids is 1. The fraction of sp³-hybridized carbons (Fsp3) is 0.444. The van der Waals surface area contributed by atoms with Crippen molar-refractivity contribution in [3.63, 3.8) is 0 Å². The van der Waals surface area contributed by atoms with E-state index in [1.54, 1.807) is 12.5 Å². The van der Waals surface area contributed by atoms with Crippen LogP contribution in [0.5, 0.6) is 0 Å². The lowest BCUT2D eigenvalue weighted by molar-refractivity contribution is -0.139. The summed E-state index contributed by atoms with van der Waals surface area (Å²) in [7, 11) is 0. The van der Waals surface area contributed by atoms with Crippen molar-refractivity contribution in [2.45, 2.75) is 25.9 Å². The Morgan fingerprint density at radius 2 is 2.54 bits per heavy atom. The molecule has 1 atom stereocenters. The van der Waals surface area contributed by atoms with Crippen molar-refractivity contribution in [2.75, 3.05) is 0 Å². The van der Waals surface area contributed by atoms with Gasteiger partial charge in [0, 0.05) is 12.1 Å². The van der Waals surface area contributed by atoms with Gasteiger partial charge in [-0.1, -0.05) is 6.92 Å². The molecule has 0 aliphatic rings. The first-order valence-corrected chi connectivity index (χ1v) is 4.21. The Kier molecular flexibility index (Phi) is 3.52. The highest BCUT2D eigenvalue weighted by Gasteiger charge is 2.13. The molecule has 0 aliphatic carbocycles. The van der Waals surface area contributed by atoms with Gasteiger partial charge in [0.15, 0.2) is 0 Å². The average Bonchev–Trinajstić information content (AvgIpc) is 2.57. The predicted molar refractivity (Wildman–Crippen MR) is 47.3 cm³/mol. The van der Waals surface area contributed by atoms with Crippen LogP contribution in [-0.2, 0) is 11.3 Å². The van der Waals surface area contributed by atoms with E-state index >= 15 is 0 Å². The van der Waals surface area contributed by atoms with E-state index in [0.29, 0.717) is 13.0 Å². The van der Waals surface area contributed by atoms with Gasteiger partial charge in [0.05, 0.1) is 12.5 Å². The average molecular weight is 183 g/mol. The Morgan fingerprint density at radius 1 is 1.77 bits per heavy atom. The van der Waals surface area contributed by atoms with E-state index in [1.165, 1.54) is 0 Å². The molecular weight excluding hydrogens is 170 g/mol. The zero-order valence-corrected chi connectivity index (χ0v) is 7.49. The molecule has 0 radical (unpaired) electrons. The second-order valence-corrected chi connectivity index (χ2v) is 2.81. The van der Waals surface area contributed by atoms with Crippen LogP contribution in [0.15, 0.2) is 23.0 Å². The fourth-order valence-electron chi connectivity index (χ4n) is 1.04. The summed E-state index contributed by atoms with van der Waals surface area (Å²) in [4.78, 5) is 10.6. The zero-order chi connectivity index (χ0) is 9.68. The predicted octanol–water partition coefficient (Wildman–Crippen LogP) is 1.23. The highest BCUT2D eigenvalue weighted by atomic mass is 16.4. The van der Waals surface area contributed by atoms with Crippen LogP contribution in [0.2, 0.25) is 0 Å². The van der Waals surface area contributed by atoms with Crippen LogP contribution >= 0.6 is 0 Å². The van der Waals surface area contributed by atoms with Crippen LogP contribution in [0.1, 0.15) is 18.9 Å². The van der Waals surface area contributed by atoms with Crippen molar-refractivity contribution in [1.29, 1.82) is 0 Å². The first-order valence-electron chi connectivity index (χ1n) is 4.21. The summed E-state index contributed by atoms with van der Waals surface area (Å²) >= 11 is 0. The summed E-state index contributed by atoms with van der Waals surface area (Å²) in [5.41, 5.74) is 0.958. The molecular formula is C9H13NO3. The molecule has 0 saturated carbocycles. The van der Waals surface area contributed by atoms with Crippen molar-refractivity contribution in [1.82, 2.24) is 5.32 Å². The van der Waals surface area contributed by atoms with Crippen LogP contribution in [0, 0.1) is 0 Å². The maximum atomic E-state index is 10.6. The van der Waals surface area contributed by atoms with E-state index in [9.17, 15) is 4.79 Å².